The van der Waals surface area contributed by atoms with Crippen LogP contribution in [0.15, 0.2) is 36.6 Å². The van der Waals surface area contributed by atoms with Gasteiger partial charge in [0, 0.05) is 13.1 Å². The van der Waals surface area contributed by atoms with Crippen LogP contribution < -0.4 is 0 Å². The van der Waals surface area contributed by atoms with Crippen LogP contribution in [0, 0.1) is 0 Å². The molecule has 1 rings (SSSR count). The number of rotatable bonds is 4. The van der Waals surface area contributed by atoms with Gasteiger partial charge in [-0.1, -0.05) is 18.2 Å². The second-order valence-electron chi connectivity index (χ2n) is 2.99. The van der Waals surface area contributed by atoms with E-state index in [4.69, 9.17) is 0 Å². The van der Waals surface area contributed by atoms with E-state index in [0.29, 0.717) is 0 Å². The van der Waals surface area contributed by atoms with Crippen molar-refractivity contribution in [1.29, 1.82) is 0 Å². The van der Waals surface area contributed by atoms with Crippen LogP contribution in [0.4, 0.5) is 0 Å². The minimum Gasteiger partial charge on any atom is -0.377 e. The van der Waals surface area contributed by atoms with Crippen molar-refractivity contribution < 1.29 is 4.79 Å². The average molecular weight is 177 g/mol. The fourth-order valence-corrected chi connectivity index (χ4v) is 1.30. The maximum absolute atomic E-state index is 9.90. The van der Waals surface area contributed by atoms with E-state index in [2.05, 4.69) is 11.1 Å². The number of allylic oxidation sites excluding steroid dienone is 5. The van der Waals surface area contributed by atoms with Gasteiger partial charge in [-0.25, -0.2) is 0 Å². The molecule has 13 heavy (non-hydrogen) atoms. The van der Waals surface area contributed by atoms with Crippen molar-refractivity contribution in [2.45, 2.75) is 12.8 Å². The number of carbonyl (C=O) groups is 1. The topological polar surface area (TPSA) is 20.3 Å². The standard InChI is InChI=1S/C11H15NO/c13-11-7-3-1-2-4-8-12-9-5-6-10-12/h1-4,7-8,11H,5-6,9-10H2/b2-1+,7-3+,8-4+. The number of nitrogens with zero attached hydrogens (tertiary/aromatic N) is 1. The van der Waals surface area contributed by atoms with E-state index >= 15 is 0 Å². The van der Waals surface area contributed by atoms with Gasteiger partial charge in [-0.15, -0.1) is 0 Å². The fraction of sp³-hybridized carbons (Fsp3) is 0.364. The molecule has 0 aromatic rings. The Morgan fingerprint density at radius 3 is 2.15 bits per heavy atom. The maximum Gasteiger partial charge on any atom is 0.142 e. The zero-order valence-corrected chi connectivity index (χ0v) is 7.73. The Morgan fingerprint density at radius 2 is 1.46 bits per heavy atom. The van der Waals surface area contributed by atoms with Crippen molar-refractivity contribution in [3.05, 3.63) is 36.6 Å². The van der Waals surface area contributed by atoms with Gasteiger partial charge in [-0.05, 0) is 31.2 Å². The predicted octanol–water partition coefficient (Wildman–Crippen LogP) is 1.91. The molecule has 0 amide bonds. The van der Waals surface area contributed by atoms with Crippen LogP contribution in [0.25, 0.3) is 0 Å². The lowest BCUT2D eigenvalue weighted by atomic mass is 10.4. The molecule has 1 saturated heterocycles. The highest BCUT2D eigenvalue weighted by molar-refractivity contribution is 5.65. The summed E-state index contributed by atoms with van der Waals surface area (Å²) in [6.45, 7) is 2.35. The molecule has 0 saturated carbocycles. The third-order valence-electron chi connectivity index (χ3n) is 1.96. The second kappa shape index (κ2) is 6.23. The zero-order valence-electron chi connectivity index (χ0n) is 7.73. The first-order valence-corrected chi connectivity index (χ1v) is 4.63. The van der Waals surface area contributed by atoms with Crippen molar-refractivity contribution in [3.63, 3.8) is 0 Å². The normalized spacial score (nSPS) is 18.3. The summed E-state index contributed by atoms with van der Waals surface area (Å²) in [5.41, 5.74) is 0. The molecule has 2 heteroatoms. The molecule has 1 fully saturated rings. The summed E-state index contributed by atoms with van der Waals surface area (Å²) in [6.07, 6.45) is 14.5. The molecule has 0 aromatic carbocycles. The Labute approximate surface area is 79.2 Å². The van der Waals surface area contributed by atoms with Gasteiger partial charge >= 0.3 is 0 Å². The minimum atomic E-state index is 0.772. The molecular weight excluding hydrogens is 162 g/mol. The molecule has 2 nitrogen and oxygen atoms in total. The van der Waals surface area contributed by atoms with E-state index < -0.39 is 0 Å². The van der Waals surface area contributed by atoms with Crippen molar-refractivity contribution in [2.75, 3.05) is 13.1 Å². The molecule has 1 aliphatic heterocycles. The van der Waals surface area contributed by atoms with Crippen LogP contribution in [0.1, 0.15) is 12.8 Å². The van der Waals surface area contributed by atoms with E-state index in [-0.39, 0.29) is 0 Å². The third-order valence-corrected chi connectivity index (χ3v) is 1.96. The van der Waals surface area contributed by atoms with Gasteiger partial charge in [0.1, 0.15) is 6.29 Å². The van der Waals surface area contributed by atoms with Crippen LogP contribution in [-0.2, 0) is 4.79 Å². The summed E-state index contributed by atoms with van der Waals surface area (Å²) in [5, 5.41) is 0. The Balaban J connectivity index is 2.19. The Morgan fingerprint density at radius 1 is 0.846 bits per heavy atom. The van der Waals surface area contributed by atoms with E-state index in [1.165, 1.54) is 32.0 Å². The predicted molar refractivity (Wildman–Crippen MR) is 54.3 cm³/mol. The van der Waals surface area contributed by atoms with Crippen LogP contribution in [0.5, 0.6) is 0 Å². The minimum absolute atomic E-state index is 0.772. The summed E-state index contributed by atoms with van der Waals surface area (Å²) in [4.78, 5) is 12.2. The molecule has 1 heterocycles. The number of carbonyl (C=O) groups excluding carboxylic acids is 1. The van der Waals surface area contributed by atoms with E-state index in [9.17, 15) is 4.79 Å². The molecule has 0 spiro atoms. The monoisotopic (exact) mass is 177 g/mol. The molecule has 70 valence electrons. The van der Waals surface area contributed by atoms with Gasteiger partial charge in [0.15, 0.2) is 0 Å². The van der Waals surface area contributed by atoms with Crippen LogP contribution in [0.3, 0.4) is 0 Å². The SMILES string of the molecule is O=C/C=C/C=C/C=C/N1CCCC1. The maximum atomic E-state index is 9.90. The first-order valence-electron chi connectivity index (χ1n) is 4.63. The number of hydrogen-bond donors (Lipinski definition) is 0. The quantitative estimate of drug-likeness (QED) is 0.371. The lowest BCUT2D eigenvalue weighted by Crippen LogP contribution is -2.09. The Kier molecular flexibility index (Phi) is 4.69. The highest BCUT2D eigenvalue weighted by Crippen LogP contribution is 2.06. The second-order valence-corrected chi connectivity index (χ2v) is 2.99. The Bertz CT molecular complexity index is 222. The van der Waals surface area contributed by atoms with Gasteiger partial charge in [0.2, 0.25) is 0 Å². The molecule has 0 atom stereocenters. The zero-order chi connectivity index (χ0) is 9.36. The lowest BCUT2D eigenvalue weighted by Gasteiger charge is -2.08. The van der Waals surface area contributed by atoms with Crippen LogP contribution in [-0.4, -0.2) is 24.3 Å². The summed E-state index contributed by atoms with van der Waals surface area (Å²) in [7, 11) is 0. The molecule has 0 radical (unpaired) electrons. The lowest BCUT2D eigenvalue weighted by molar-refractivity contribution is -0.104. The number of aldehydes is 1. The average Bonchev–Trinajstić information content (AvgIpc) is 2.63. The van der Waals surface area contributed by atoms with E-state index in [1.54, 1.807) is 6.08 Å². The molecule has 0 aliphatic carbocycles. The molecule has 0 unspecified atom stereocenters. The molecule has 0 N–H and O–H groups in total. The number of hydrogen-bond acceptors (Lipinski definition) is 2. The Hall–Kier alpha value is -1.31. The third kappa shape index (κ3) is 4.31. The highest BCUT2D eigenvalue weighted by Gasteiger charge is 2.04. The van der Waals surface area contributed by atoms with Gasteiger partial charge in [0.05, 0.1) is 0 Å². The molecule has 0 aromatic heterocycles. The molecule has 1 aliphatic rings. The van der Waals surface area contributed by atoms with Gasteiger partial charge < -0.3 is 4.90 Å². The van der Waals surface area contributed by atoms with Crippen LogP contribution in [0.2, 0.25) is 0 Å². The van der Waals surface area contributed by atoms with Crippen molar-refractivity contribution in [1.82, 2.24) is 4.90 Å². The first kappa shape index (κ1) is 9.78. The van der Waals surface area contributed by atoms with Crippen molar-refractivity contribution in [2.24, 2.45) is 0 Å². The smallest absolute Gasteiger partial charge is 0.142 e. The fourth-order valence-electron chi connectivity index (χ4n) is 1.30. The molecule has 0 bridgehead atoms. The summed E-state index contributed by atoms with van der Waals surface area (Å²) < 4.78 is 0. The van der Waals surface area contributed by atoms with E-state index in [1.807, 2.05) is 18.2 Å². The van der Waals surface area contributed by atoms with Crippen molar-refractivity contribution >= 4 is 6.29 Å². The molecular formula is C11H15NO. The van der Waals surface area contributed by atoms with Gasteiger partial charge in [-0.2, -0.15) is 0 Å². The summed E-state index contributed by atoms with van der Waals surface area (Å²) >= 11 is 0. The van der Waals surface area contributed by atoms with Gasteiger partial charge in [-0.3, -0.25) is 4.79 Å². The first-order chi connectivity index (χ1) is 6.43. The highest BCUT2D eigenvalue weighted by atomic mass is 16.1. The largest absolute Gasteiger partial charge is 0.377 e. The van der Waals surface area contributed by atoms with Crippen molar-refractivity contribution in [3.8, 4) is 0 Å². The van der Waals surface area contributed by atoms with E-state index in [0.717, 1.165) is 6.29 Å². The summed E-state index contributed by atoms with van der Waals surface area (Å²) in [5.74, 6) is 0. The van der Waals surface area contributed by atoms with Gasteiger partial charge in [0.25, 0.3) is 0 Å². The summed E-state index contributed by atoms with van der Waals surface area (Å²) in [6, 6.07) is 0. The van der Waals surface area contributed by atoms with Crippen LogP contribution >= 0.6 is 0 Å². The number of likely N-dealkylation sites (tertiary alicyclic amines) is 1.